The molecule has 128 valence electrons. The standard InChI is InChI=1S/C20H23N5/c1-15-8-9-19(10-16(15)2)24-20(21)22-11-18-12-23-25(14-18)13-17-6-4-3-5-7-17/h3-10,12,14H,11,13H2,1-2H3,(H3,21,22,24). The van der Waals surface area contributed by atoms with Crippen LogP contribution in [0.1, 0.15) is 22.3 Å². The van der Waals surface area contributed by atoms with E-state index in [1.54, 1.807) is 0 Å². The van der Waals surface area contributed by atoms with Crippen LogP contribution in [-0.4, -0.2) is 15.7 Å². The molecule has 0 aliphatic carbocycles. The van der Waals surface area contributed by atoms with E-state index in [0.717, 1.165) is 17.8 Å². The lowest BCUT2D eigenvalue weighted by Gasteiger charge is -2.07. The zero-order chi connectivity index (χ0) is 17.6. The molecule has 0 radical (unpaired) electrons. The highest BCUT2D eigenvalue weighted by Gasteiger charge is 2.01. The first-order chi connectivity index (χ1) is 12.1. The molecule has 5 heteroatoms. The first-order valence-electron chi connectivity index (χ1n) is 8.29. The predicted octanol–water partition coefficient (Wildman–Crippen LogP) is 3.48. The van der Waals surface area contributed by atoms with E-state index in [-0.39, 0.29) is 0 Å². The molecule has 25 heavy (non-hydrogen) atoms. The second kappa shape index (κ2) is 7.66. The Bertz CT molecular complexity index is 865. The Morgan fingerprint density at radius 3 is 2.64 bits per heavy atom. The van der Waals surface area contributed by atoms with Crippen LogP contribution in [0.15, 0.2) is 65.9 Å². The molecule has 3 rings (SSSR count). The lowest BCUT2D eigenvalue weighted by atomic mass is 10.1. The number of benzene rings is 2. The third-order valence-electron chi connectivity index (χ3n) is 4.09. The van der Waals surface area contributed by atoms with Gasteiger partial charge in [0.25, 0.3) is 0 Å². The minimum Gasteiger partial charge on any atom is -0.370 e. The van der Waals surface area contributed by atoms with Crippen molar-refractivity contribution in [3.8, 4) is 0 Å². The van der Waals surface area contributed by atoms with Gasteiger partial charge in [0, 0.05) is 17.4 Å². The van der Waals surface area contributed by atoms with Gasteiger partial charge in [-0.1, -0.05) is 36.4 Å². The monoisotopic (exact) mass is 333 g/mol. The molecular weight excluding hydrogens is 310 g/mol. The van der Waals surface area contributed by atoms with E-state index < -0.39 is 0 Å². The topological polar surface area (TPSA) is 68.2 Å². The molecule has 0 atom stereocenters. The zero-order valence-electron chi connectivity index (χ0n) is 14.6. The molecule has 0 amide bonds. The number of aliphatic imine (C=N–C) groups is 1. The van der Waals surface area contributed by atoms with Gasteiger partial charge in [0.1, 0.15) is 0 Å². The molecule has 1 aromatic heterocycles. The zero-order valence-corrected chi connectivity index (χ0v) is 14.6. The van der Waals surface area contributed by atoms with Crippen molar-refractivity contribution in [2.24, 2.45) is 10.7 Å². The summed E-state index contributed by atoms with van der Waals surface area (Å²) in [6, 6.07) is 16.4. The molecule has 3 aromatic rings. The van der Waals surface area contributed by atoms with E-state index in [9.17, 15) is 0 Å². The van der Waals surface area contributed by atoms with Crippen LogP contribution in [0.25, 0.3) is 0 Å². The summed E-state index contributed by atoms with van der Waals surface area (Å²) in [7, 11) is 0. The van der Waals surface area contributed by atoms with Gasteiger partial charge in [-0.25, -0.2) is 4.99 Å². The summed E-state index contributed by atoms with van der Waals surface area (Å²) in [4.78, 5) is 4.39. The first kappa shape index (κ1) is 16.8. The number of rotatable bonds is 5. The Balaban J connectivity index is 1.58. The number of nitrogens with zero attached hydrogens (tertiary/aromatic N) is 3. The summed E-state index contributed by atoms with van der Waals surface area (Å²) in [5.41, 5.74) is 11.7. The first-order valence-corrected chi connectivity index (χ1v) is 8.29. The van der Waals surface area contributed by atoms with E-state index in [1.165, 1.54) is 16.7 Å². The van der Waals surface area contributed by atoms with Crippen LogP contribution in [0.2, 0.25) is 0 Å². The Morgan fingerprint density at radius 1 is 1.08 bits per heavy atom. The van der Waals surface area contributed by atoms with Crippen LogP contribution in [0.5, 0.6) is 0 Å². The second-order valence-corrected chi connectivity index (χ2v) is 6.16. The third kappa shape index (κ3) is 4.70. The Kier molecular flexibility index (Phi) is 5.14. The van der Waals surface area contributed by atoms with Crippen molar-refractivity contribution < 1.29 is 0 Å². The summed E-state index contributed by atoms with van der Waals surface area (Å²) >= 11 is 0. The number of aryl methyl sites for hydroxylation is 2. The van der Waals surface area contributed by atoms with Gasteiger partial charge in [0.05, 0.1) is 19.3 Å². The fourth-order valence-corrected chi connectivity index (χ4v) is 2.53. The summed E-state index contributed by atoms with van der Waals surface area (Å²) in [5.74, 6) is 0.402. The van der Waals surface area contributed by atoms with Crippen LogP contribution >= 0.6 is 0 Å². The van der Waals surface area contributed by atoms with Crippen LogP contribution in [0.3, 0.4) is 0 Å². The number of hydrogen-bond acceptors (Lipinski definition) is 2. The summed E-state index contributed by atoms with van der Waals surface area (Å²) in [6.07, 6.45) is 3.83. The fraction of sp³-hybridized carbons (Fsp3) is 0.200. The maximum Gasteiger partial charge on any atom is 0.193 e. The van der Waals surface area contributed by atoms with Gasteiger partial charge >= 0.3 is 0 Å². The Labute approximate surface area is 148 Å². The quantitative estimate of drug-likeness (QED) is 0.555. The number of nitrogens with two attached hydrogens (primary N) is 1. The normalized spacial score (nSPS) is 11.5. The highest BCUT2D eigenvalue weighted by molar-refractivity contribution is 5.92. The van der Waals surface area contributed by atoms with Crippen LogP contribution < -0.4 is 11.1 Å². The fourth-order valence-electron chi connectivity index (χ4n) is 2.53. The molecule has 0 unspecified atom stereocenters. The largest absolute Gasteiger partial charge is 0.370 e. The van der Waals surface area contributed by atoms with E-state index in [4.69, 9.17) is 5.73 Å². The number of hydrogen-bond donors (Lipinski definition) is 2. The molecule has 5 nitrogen and oxygen atoms in total. The van der Waals surface area contributed by atoms with Crippen LogP contribution in [-0.2, 0) is 13.1 Å². The molecule has 0 spiro atoms. The average molecular weight is 333 g/mol. The van der Waals surface area contributed by atoms with Gasteiger partial charge < -0.3 is 11.1 Å². The third-order valence-corrected chi connectivity index (χ3v) is 4.09. The molecule has 3 N–H and O–H groups in total. The number of aromatic nitrogens is 2. The van der Waals surface area contributed by atoms with Gasteiger partial charge in [-0.05, 0) is 42.7 Å². The molecule has 0 aliphatic heterocycles. The lowest BCUT2D eigenvalue weighted by molar-refractivity contribution is 0.686. The number of guanidine groups is 1. The minimum atomic E-state index is 0.402. The van der Waals surface area contributed by atoms with Gasteiger partial charge in [-0.2, -0.15) is 5.10 Å². The SMILES string of the molecule is Cc1ccc(NC(N)=NCc2cnn(Cc3ccccc3)c2)cc1C. The molecular formula is C20H23N5. The van der Waals surface area contributed by atoms with Crippen molar-refractivity contribution in [3.05, 3.63) is 83.2 Å². The highest BCUT2D eigenvalue weighted by atomic mass is 15.3. The number of nitrogens with one attached hydrogen (secondary N) is 1. The Hall–Kier alpha value is -3.08. The Morgan fingerprint density at radius 2 is 1.88 bits per heavy atom. The van der Waals surface area contributed by atoms with E-state index in [2.05, 4.69) is 53.5 Å². The summed E-state index contributed by atoms with van der Waals surface area (Å²) in [5, 5.41) is 7.51. The molecule has 1 heterocycles. The molecule has 0 aliphatic rings. The molecule has 0 bridgehead atoms. The number of anilines is 1. The van der Waals surface area contributed by atoms with Crippen molar-refractivity contribution in [1.82, 2.24) is 9.78 Å². The second-order valence-electron chi connectivity index (χ2n) is 6.16. The van der Waals surface area contributed by atoms with Crippen molar-refractivity contribution in [2.45, 2.75) is 26.9 Å². The molecule has 2 aromatic carbocycles. The predicted molar refractivity (Wildman–Crippen MR) is 103 cm³/mol. The lowest BCUT2D eigenvalue weighted by Crippen LogP contribution is -2.22. The van der Waals surface area contributed by atoms with Crippen molar-refractivity contribution in [2.75, 3.05) is 5.32 Å². The van der Waals surface area contributed by atoms with E-state index in [1.807, 2.05) is 41.3 Å². The highest BCUT2D eigenvalue weighted by Crippen LogP contribution is 2.14. The minimum absolute atomic E-state index is 0.402. The average Bonchev–Trinajstić information content (AvgIpc) is 3.05. The van der Waals surface area contributed by atoms with Crippen molar-refractivity contribution in [3.63, 3.8) is 0 Å². The molecule has 0 fully saturated rings. The van der Waals surface area contributed by atoms with Crippen LogP contribution in [0, 0.1) is 13.8 Å². The summed E-state index contributed by atoms with van der Waals surface area (Å²) in [6.45, 7) is 5.41. The van der Waals surface area contributed by atoms with Gasteiger partial charge in [-0.15, -0.1) is 0 Å². The molecule has 0 saturated heterocycles. The maximum atomic E-state index is 5.98. The summed E-state index contributed by atoms with van der Waals surface area (Å²) < 4.78 is 1.91. The van der Waals surface area contributed by atoms with E-state index >= 15 is 0 Å². The smallest absolute Gasteiger partial charge is 0.193 e. The van der Waals surface area contributed by atoms with Gasteiger partial charge in [0.15, 0.2) is 5.96 Å². The van der Waals surface area contributed by atoms with Crippen LogP contribution in [0.4, 0.5) is 5.69 Å². The van der Waals surface area contributed by atoms with Crippen molar-refractivity contribution >= 4 is 11.6 Å². The van der Waals surface area contributed by atoms with E-state index in [0.29, 0.717) is 12.5 Å². The molecule has 0 saturated carbocycles. The van der Waals surface area contributed by atoms with Crippen molar-refractivity contribution in [1.29, 1.82) is 0 Å². The maximum absolute atomic E-state index is 5.98. The van der Waals surface area contributed by atoms with Gasteiger partial charge in [-0.3, -0.25) is 4.68 Å². The van der Waals surface area contributed by atoms with Gasteiger partial charge in [0.2, 0.25) is 0 Å².